The van der Waals surface area contributed by atoms with Crippen molar-refractivity contribution >= 4 is 33.8 Å². The third-order valence-electron chi connectivity index (χ3n) is 2.56. The summed E-state index contributed by atoms with van der Waals surface area (Å²) >= 11 is 1.08. The molecule has 0 spiro atoms. The lowest BCUT2D eigenvalue weighted by Crippen LogP contribution is -2.23. The Morgan fingerprint density at radius 3 is 2.95 bits per heavy atom. The van der Waals surface area contributed by atoms with Crippen LogP contribution in [0.5, 0.6) is 0 Å². The number of nitrogens with one attached hydrogen (secondary N) is 2. The van der Waals surface area contributed by atoms with Crippen LogP contribution in [0.1, 0.15) is 11.4 Å². The van der Waals surface area contributed by atoms with Crippen LogP contribution in [0.15, 0.2) is 28.0 Å². The van der Waals surface area contributed by atoms with Crippen molar-refractivity contribution < 1.29 is 0 Å². The van der Waals surface area contributed by atoms with Crippen LogP contribution in [0, 0.1) is 12.3 Å². The number of hydrogen-bond acceptors (Lipinski definition) is 4. The first-order valence-corrected chi connectivity index (χ1v) is 6.75. The third kappa shape index (κ3) is 3.15. The van der Waals surface area contributed by atoms with Crippen LogP contribution < -0.4 is 17.0 Å². The van der Waals surface area contributed by atoms with Crippen LogP contribution in [-0.2, 0) is 5.75 Å². The van der Waals surface area contributed by atoms with Gasteiger partial charge in [-0.15, -0.1) is 0 Å². The maximum atomic E-state index is 11.9. The van der Waals surface area contributed by atoms with E-state index in [1.54, 1.807) is 6.07 Å². The van der Waals surface area contributed by atoms with Gasteiger partial charge < -0.3 is 16.5 Å². The molecule has 8 heteroatoms. The molecule has 20 heavy (non-hydrogen) atoms. The van der Waals surface area contributed by atoms with Gasteiger partial charge in [-0.25, -0.2) is 4.98 Å². The van der Waals surface area contributed by atoms with E-state index in [-0.39, 0.29) is 16.7 Å². The molecule has 0 atom stereocenters. The van der Waals surface area contributed by atoms with Crippen molar-refractivity contribution in [3.63, 3.8) is 0 Å². The molecule has 6 N–H and O–H groups in total. The summed E-state index contributed by atoms with van der Waals surface area (Å²) in [4.78, 5) is 22.6. The topological polar surface area (TPSA) is 134 Å². The number of H-pyrrole nitrogens is 1. The molecule has 1 aromatic heterocycles. The van der Waals surface area contributed by atoms with Crippen LogP contribution in [-0.4, -0.2) is 21.1 Å². The van der Waals surface area contributed by atoms with E-state index in [9.17, 15) is 4.79 Å². The van der Waals surface area contributed by atoms with Crippen molar-refractivity contribution in [1.29, 1.82) is 5.41 Å². The SMILES string of the molecule is Cc1cccc2c(=O)[nH]c(CSC(=N)N=C(N)N)nc12. The van der Waals surface area contributed by atoms with Gasteiger partial charge in [-0.1, -0.05) is 23.9 Å². The maximum absolute atomic E-state index is 11.9. The molecule has 0 bridgehead atoms. The fourth-order valence-corrected chi connectivity index (χ4v) is 2.29. The Morgan fingerprint density at radius 2 is 2.25 bits per heavy atom. The molecule has 0 saturated carbocycles. The molecule has 0 saturated heterocycles. The molecule has 7 nitrogen and oxygen atoms in total. The van der Waals surface area contributed by atoms with Gasteiger partial charge in [-0.2, -0.15) is 4.99 Å². The summed E-state index contributed by atoms with van der Waals surface area (Å²) < 4.78 is 0. The Bertz CT molecular complexity index is 747. The van der Waals surface area contributed by atoms with Gasteiger partial charge in [0.25, 0.3) is 5.56 Å². The summed E-state index contributed by atoms with van der Waals surface area (Å²) in [5.74, 6) is 0.630. The summed E-state index contributed by atoms with van der Waals surface area (Å²) in [5, 5.41) is 8.05. The lowest BCUT2D eigenvalue weighted by atomic mass is 10.1. The summed E-state index contributed by atoms with van der Waals surface area (Å²) in [6.45, 7) is 1.90. The third-order valence-corrected chi connectivity index (χ3v) is 3.35. The number of aromatic nitrogens is 2. The predicted molar refractivity (Wildman–Crippen MR) is 81.9 cm³/mol. The number of nitrogens with zero attached hydrogens (tertiary/aromatic N) is 2. The lowest BCUT2D eigenvalue weighted by Gasteiger charge is -2.04. The molecule has 0 aliphatic carbocycles. The van der Waals surface area contributed by atoms with E-state index in [1.807, 2.05) is 19.1 Å². The number of amidine groups is 1. The van der Waals surface area contributed by atoms with Crippen molar-refractivity contribution in [2.45, 2.75) is 12.7 Å². The standard InChI is InChI=1S/C12H14N6OS/c1-6-3-2-4-7-9(6)16-8(17-10(7)19)5-20-12(15)18-11(13)14/h2-4H,5H2,1H3,(H,16,17,19)(H5,13,14,15,18). The molecule has 0 unspecified atom stereocenters. The van der Waals surface area contributed by atoms with Crippen LogP contribution in [0.3, 0.4) is 0 Å². The highest BCUT2D eigenvalue weighted by molar-refractivity contribution is 8.13. The molecule has 1 heterocycles. The Kier molecular flexibility index (Phi) is 4.04. The number of aromatic amines is 1. The molecule has 104 valence electrons. The van der Waals surface area contributed by atoms with Gasteiger partial charge in [-0.3, -0.25) is 10.2 Å². The molecule has 0 amide bonds. The number of aryl methyl sites for hydroxylation is 1. The first-order valence-electron chi connectivity index (χ1n) is 5.77. The normalized spacial score (nSPS) is 10.4. The predicted octanol–water partition coefficient (Wildman–Crippen LogP) is 0.673. The van der Waals surface area contributed by atoms with Gasteiger partial charge in [0.2, 0.25) is 0 Å². The van der Waals surface area contributed by atoms with Crippen molar-refractivity contribution in [2.75, 3.05) is 0 Å². The average molecular weight is 290 g/mol. The number of aliphatic imine (C=N–C) groups is 1. The van der Waals surface area contributed by atoms with Crippen LogP contribution in [0.25, 0.3) is 10.9 Å². The number of guanidine groups is 1. The van der Waals surface area contributed by atoms with Crippen LogP contribution in [0.2, 0.25) is 0 Å². The van der Waals surface area contributed by atoms with E-state index in [0.29, 0.717) is 22.5 Å². The molecule has 0 aliphatic heterocycles. The first-order chi connectivity index (χ1) is 9.47. The molecule has 2 aromatic rings. The average Bonchev–Trinajstić information content (AvgIpc) is 2.37. The number of thioether (sulfide) groups is 1. The number of para-hydroxylation sites is 1. The quantitative estimate of drug-likeness (QED) is 0.476. The lowest BCUT2D eigenvalue weighted by molar-refractivity contribution is 1.04. The van der Waals surface area contributed by atoms with Gasteiger partial charge in [-0.05, 0) is 18.6 Å². The van der Waals surface area contributed by atoms with Gasteiger partial charge in [0, 0.05) is 0 Å². The first kappa shape index (κ1) is 14.1. The number of benzene rings is 1. The zero-order valence-electron chi connectivity index (χ0n) is 10.8. The summed E-state index contributed by atoms with van der Waals surface area (Å²) in [5.41, 5.74) is 11.8. The Labute approximate surface area is 119 Å². The maximum Gasteiger partial charge on any atom is 0.258 e. The van der Waals surface area contributed by atoms with E-state index in [2.05, 4.69) is 15.0 Å². The highest BCUT2D eigenvalue weighted by Gasteiger charge is 2.07. The summed E-state index contributed by atoms with van der Waals surface area (Å²) in [7, 11) is 0. The van der Waals surface area contributed by atoms with E-state index in [1.165, 1.54) is 0 Å². The van der Waals surface area contributed by atoms with Crippen molar-refractivity contribution in [2.24, 2.45) is 16.5 Å². The second-order valence-corrected chi connectivity index (χ2v) is 5.08. The molecular weight excluding hydrogens is 276 g/mol. The molecule has 2 rings (SSSR count). The fourth-order valence-electron chi connectivity index (χ4n) is 1.71. The summed E-state index contributed by atoms with van der Waals surface area (Å²) in [6, 6.07) is 5.44. The number of hydrogen-bond donors (Lipinski definition) is 4. The van der Waals surface area contributed by atoms with Crippen molar-refractivity contribution in [3.8, 4) is 0 Å². The van der Waals surface area contributed by atoms with E-state index >= 15 is 0 Å². The smallest absolute Gasteiger partial charge is 0.258 e. The van der Waals surface area contributed by atoms with Crippen LogP contribution in [0.4, 0.5) is 0 Å². The van der Waals surface area contributed by atoms with Crippen LogP contribution >= 0.6 is 11.8 Å². The van der Waals surface area contributed by atoms with E-state index in [0.717, 1.165) is 17.3 Å². The number of nitrogens with two attached hydrogens (primary N) is 2. The van der Waals surface area contributed by atoms with Gasteiger partial charge in [0.15, 0.2) is 11.1 Å². The molecule has 0 fully saturated rings. The minimum absolute atomic E-state index is 0.0301. The monoisotopic (exact) mass is 290 g/mol. The molecule has 1 aromatic carbocycles. The fraction of sp³-hybridized carbons (Fsp3) is 0.167. The van der Waals surface area contributed by atoms with E-state index < -0.39 is 0 Å². The van der Waals surface area contributed by atoms with Crippen molar-refractivity contribution in [1.82, 2.24) is 9.97 Å². The number of fused-ring (bicyclic) bond motifs is 1. The molecule has 0 aliphatic rings. The zero-order chi connectivity index (χ0) is 14.7. The van der Waals surface area contributed by atoms with Gasteiger partial charge in [0.1, 0.15) is 5.82 Å². The van der Waals surface area contributed by atoms with E-state index in [4.69, 9.17) is 16.9 Å². The van der Waals surface area contributed by atoms with Gasteiger partial charge in [0.05, 0.1) is 16.7 Å². The van der Waals surface area contributed by atoms with Gasteiger partial charge >= 0.3 is 0 Å². The second-order valence-electron chi connectivity index (χ2n) is 4.11. The highest BCUT2D eigenvalue weighted by Crippen LogP contribution is 2.15. The number of rotatable bonds is 2. The second kappa shape index (κ2) is 5.74. The molecular formula is C12H14N6OS. The Balaban J connectivity index is 2.28. The minimum Gasteiger partial charge on any atom is -0.370 e. The summed E-state index contributed by atoms with van der Waals surface area (Å²) in [6.07, 6.45) is 0. The Morgan fingerprint density at radius 1 is 1.50 bits per heavy atom. The molecule has 0 radical (unpaired) electrons. The zero-order valence-corrected chi connectivity index (χ0v) is 11.6. The Hall–Kier alpha value is -2.35. The minimum atomic E-state index is -0.192. The highest BCUT2D eigenvalue weighted by atomic mass is 32.2. The largest absolute Gasteiger partial charge is 0.370 e. The van der Waals surface area contributed by atoms with Crippen molar-refractivity contribution in [3.05, 3.63) is 39.9 Å².